The average molecular weight is 236 g/mol. The lowest BCUT2D eigenvalue weighted by Gasteiger charge is -2.34. The largest absolute Gasteiger partial charge is 0.328 e. The molecule has 0 unspecified atom stereocenters. The molecule has 2 heterocycles. The molecule has 2 aromatic rings. The number of ketones is 1. The molecular formula is C15H12N2O. The van der Waals surface area contributed by atoms with Gasteiger partial charge in [0.1, 0.15) is 5.84 Å². The van der Waals surface area contributed by atoms with Gasteiger partial charge < -0.3 is 4.90 Å². The second kappa shape index (κ2) is 3.19. The van der Waals surface area contributed by atoms with Gasteiger partial charge in [-0.2, -0.15) is 0 Å². The van der Waals surface area contributed by atoms with Crippen molar-refractivity contribution >= 4 is 33.8 Å². The van der Waals surface area contributed by atoms with Crippen molar-refractivity contribution in [1.29, 1.82) is 0 Å². The van der Waals surface area contributed by atoms with Crippen molar-refractivity contribution in [3.05, 3.63) is 35.9 Å². The van der Waals surface area contributed by atoms with Gasteiger partial charge in [-0.3, -0.25) is 4.79 Å². The van der Waals surface area contributed by atoms with Crippen molar-refractivity contribution in [2.24, 2.45) is 4.99 Å². The smallest absolute Gasteiger partial charge is 0.166 e. The predicted octanol–water partition coefficient (Wildman–Crippen LogP) is 3.30. The number of aliphatic imine (C=N–C) groups is 1. The molecule has 4 rings (SSSR count). The molecule has 0 atom stereocenters. The molecule has 0 amide bonds. The van der Waals surface area contributed by atoms with E-state index >= 15 is 0 Å². The van der Waals surface area contributed by atoms with E-state index < -0.39 is 0 Å². The van der Waals surface area contributed by atoms with Crippen molar-refractivity contribution in [2.75, 3.05) is 11.4 Å². The van der Waals surface area contributed by atoms with Crippen LogP contribution in [-0.4, -0.2) is 18.2 Å². The topological polar surface area (TPSA) is 32.7 Å². The zero-order chi connectivity index (χ0) is 12.3. The summed E-state index contributed by atoms with van der Waals surface area (Å²) < 4.78 is 0. The monoisotopic (exact) mass is 236 g/mol. The number of benzene rings is 2. The molecule has 18 heavy (non-hydrogen) atoms. The van der Waals surface area contributed by atoms with Crippen LogP contribution in [-0.2, 0) is 0 Å². The standard InChI is InChI=1S/C15H12N2O/c1-9-16-12-4-2-3-10-5-6-11-13(18)7-8-17(9)15(11)14(10)12/h2-6H,7-8H2,1H3. The summed E-state index contributed by atoms with van der Waals surface area (Å²) in [5.41, 5.74) is 2.88. The normalized spacial score (nSPS) is 17.1. The van der Waals surface area contributed by atoms with E-state index in [0.717, 1.165) is 40.1 Å². The number of carbonyl (C=O) groups excluding carboxylic acids is 1. The molecule has 2 aliphatic rings. The van der Waals surface area contributed by atoms with Gasteiger partial charge in [-0.1, -0.05) is 18.2 Å². The third kappa shape index (κ3) is 1.09. The lowest BCUT2D eigenvalue weighted by molar-refractivity contribution is 0.0982. The number of amidine groups is 1. The van der Waals surface area contributed by atoms with Gasteiger partial charge in [0.2, 0.25) is 0 Å². The van der Waals surface area contributed by atoms with E-state index in [9.17, 15) is 4.79 Å². The molecule has 2 aromatic carbocycles. The molecule has 3 heteroatoms. The van der Waals surface area contributed by atoms with Crippen LogP contribution < -0.4 is 4.90 Å². The van der Waals surface area contributed by atoms with Crippen molar-refractivity contribution in [3.63, 3.8) is 0 Å². The Morgan fingerprint density at radius 1 is 1.22 bits per heavy atom. The van der Waals surface area contributed by atoms with Crippen LogP contribution >= 0.6 is 0 Å². The molecule has 3 nitrogen and oxygen atoms in total. The first kappa shape index (κ1) is 9.83. The maximum atomic E-state index is 12.1. The van der Waals surface area contributed by atoms with Gasteiger partial charge in [0.25, 0.3) is 0 Å². The highest BCUT2D eigenvalue weighted by molar-refractivity contribution is 6.21. The number of Topliss-reactive ketones (excluding diaryl/α,β-unsaturated/α-hetero) is 1. The summed E-state index contributed by atoms with van der Waals surface area (Å²) in [6, 6.07) is 10.1. The van der Waals surface area contributed by atoms with Crippen LogP contribution in [0.4, 0.5) is 11.4 Å². The van der Waals surface area contributed by atoms with E-state index in [1.54, 1.807) is 0 Å². The average Bonchev–Trinajstić information content (AvgIpc) is 2.38. The Hall–Kier alpha value is -2.16. The van der Waals surface area contributed by atoms with Crippen LogP contribution in [0.1, 0.15) is 23.7 Å². The fraction of sp³-hybridized carbons (Fsp3) is 0.200. The van der Waals surface area contributed by atoms with Gasteiger partial charge in [0.05, 0.1) is 11.4 Å². The van der Waals surface area contributed by atoms with Gasteiger partial charge in [-0.15, -0.1) is 0 Å². The Bertz CT molecular complexity index is 731. The van der Waals surface area contributed by atoms with Crippen LogP contribution in [0, 0.1) is 0 Å². The van der Waals surface area contributed by atoms with Crippen molar-refractivity contribution in [3.8, 4) is 0 Å². The Balaban J connectivity index is 2.22. The number of rotatable bonds is 0. The highest BCUT2D eigenvalue weighted by Gasteiger charge is 2.29. The lowest BCUT2D eigenvalue weighted by Crippen LogP contribution is -2.37. The Labute approximate surface area is 105 Å². The number of nitrogens with zero attached hydrogens (tertiary/aromatic N) is 2. The summed E-state index contributed by atoms with van der Waals surface area (Å²) in [4.78, 5) is 18.9. The quantitative estimate of drug-likeness (QED) is 0.703. The zero-order valence-electron chi connectivity index (χ0n) is 10.1. The second-order valence-corrected chi connectivity index (χ2v) is 4.82. The fourth-order valence-corrected chi connectivity index (χ4v) is 2.96. The first-order valence-corrected chi connectivity index (χ1v) is 6.17. The lowest BCUT2D eigenvalue weighted by atomic mass is 9.93. The van der Waals surface area contributed by atoms with Crippen LogP contribution in [0.3, 0.4) is 0 Å². The molecule has 0 aromatic heterocycles. The maximum absolute atomic E-state index is 12.1. The summed E-state index contributed by atoms with van der Waals surface area (Å²) in [5.74, 6) is 1.22. The molecule has 88 valence electrons. The molecule has 0 aliphatic carbocycles. The molecule has 2 aliphatic heterocycles. The van der Waals surface area contributed by atoms with E-state index in [4.69, 9.17) is 0 Å². The van der Waals surface area contributed by atoms with Gasteiger partial charge in [0.15, 0.2) is 5.78 Å². The van der Waals surface area contributed by atoms with Gasteiger partial charge in [-0.25, -0.2) is 4.99 Å². The van der Waals surface area contributed by atoms with Crippen LogP contribution in [0.2, 0.25) is 0 Å². The molecule has 0 bridgehead atoms. The van der Waals surface area contributed by atoms with Crippen LogP contribution in [0.15, 0.2) is 35.3 Å². The number of hydrogen-bond donors (Lipinski definition) is 0. The summed E-state index contributed by atoms with van der Waals surface area (Å²) >= 11 is 0. The summed E-state index contributed by atoms with van der Waals surface area (Å²) in [6.45, 7) is 2.75. The highest BCUT2D eigenvalue weighted by atomic mass is 16.1. The summed E-state index contributed by atoms with van der Waals surface area (Å²) in [7, 11) is 0. The maximum Gasteiger partial charge on any atom is 0.166 e. The number of hydrogen-bond acceptors (Lipinski definition) is 3. The van der Waals surface area contributed by atoms with E-state index in [1.165, 1.54) is 0 Å². The van der Waals surface area contributed by atoms with E-state index in [-0.39, 0.29) is 5.78 Å². The first-order chi connectivity index (χ1) is 8.75. The molecule has 0 saturated heterocycles. The number of anilines is 1. The number of carbonyl (C=O) groups is 1. The molecule has 0 spiro atoms. The fourth-order valence-electron chi connectivity index (χ4n) is 2.96. The van der Waals surface area contributed by atoms with E-state index in [2.05, 4.69) is 16.0 Å². The summed E-state index contributed by atoms with van der Waals surface area (Å²) in [6.07, 6.45) is 0.577. The Morgan fingerprint density at radius 2 is 2.11 bits per heavy atom. The minimum absolute atomic E-state index is 0.243. The predicted molar refractivity (Wildman–Crippen MR) is 73.0 cm³/mol. The third-order valence-electron chi connectivity index (χ3n) is 3.80. The van der Waals surface area contributed by atoms with Gasteiger partial charge >= 0.3 is 0 Å². The van der Waals surface area contributed by atoms with Crippen LogP contribution in [0.5, 0.6) is 0 Å². The van der Waals surface area contributed by atoms with Crippen molar-refractivity contribution in [1.82, 2.24) is 0 Å². The molecule has 0 saturated carbocycles. The second-order valence-electron chi connectivity index (χ2n) is 4.82. The molecule has 0 radical (unpaired) electrons. The molecule has 0 N–H and O–H groups in total. The van der Waals surface area contributed by atoms with Crippen LogP contribution in [0.25, 0.3) is 10.8 Å². The zero-order valence-corrected chi connectivity index (χ0v) is 10.1. The van der Waals surface area contributed by atoms with Crippen molar-refractivity contribution < 1.29 is 4.79 Å². The highest BCUT2D eigenvalue weighted by Crippen LogP contribution is 2.42. The molecule has 0 fully saturated rings. The van der Waals surface area contributed by atoms with Gasteiger partial charge in [-0.05, 0) is 24.4 Å². The van der Waals surface area contributed by atoms with Crippen molar-refractivity contribution in [2.45, 2.75) is 13.3 Å². The summed E-state index contributed by atoms with van der Waals surface area (Å²) in [5, 5.41) is 2.27. The SMILES string of the molecule is CC1=Nc2cccc3ccc4c(c23)N1CCC4=O. The Kier molecular flexibility index (Phi) is 1.74. The van der Waals surface area contributed by atoms with E-state index in [1.807, 2.05) is 31.2 Å². The Morgan fingerprint density at radius 3 is 3.00 bits per heavy atom. The minimum atomic E-state index is 0.243. The minimum Gasteiger partial charge on any atom is -0.328 e. The third-order valence-corrected chi connectivity index (χ3v) is 3.80. The van der Waals surface area contributed by atoms with Gasteiger partial charge in [0, 0.05) is 23.9 Å². The first-order valence-electron chi connectivity index (χ1n) is 6.17. The van der Waals surface area contributed by atoms with E-state index in [0.29, 0.717) is 6.42 Å². The molecular weight excluding hydrogens is 224 g/mol.